The Kier molecular flexibility index (Phi) is 10.7. The quantitative estimate of drug-likeness (QED) is 0.271. The van der Waals surface area contributed by atoms with Gasteiger partial charge in [0.15, 0.2) is 0 Å². The maximum absolute atomic E-state index is 11.6. The molecule has 1 heterocycles. The minimum absolute atomic E-state index is 0.438. The lowest BCUT2D eigenvalue weighted by Crippen LogP contribution is -2.38. The van der Waals surface area contributed by atoms with Crippen molar-refractivity contribution in [1.29, 1.82) is 0 Å². The Labute approximate surface area is 213 Å². The third-order valence-corrected chi connectivity index (χ3v) is 6.93. The van der Waals surface area contributed by atoms with E-state index in [1.807, 2.05) is 63.4 Å². The largest absolute Gasteiger partial charge is 0.379 e. The van der Waals surface area contributed by atoms with Gasteiger partial charge in [0.05, 0.1) is 11.2 Å². The molecule has 0 spiro atoms. The first-order valence-electron chi connectivity index (χ1n) is 11.5. The second kappa shape index (κ2) is 13.3. The third kappa shape index (κ3) is 7.40. The average Bonchev–Trinajstić information content (AvgIpc) is 2.88. The summed E-state index contributed by atoms with van der Waals surface area (Å²) in [7, 11) is 2.04. The number of benzene rings is 2. The van der Waals surface area contributed by atoms with Crippen LogP contribution in [-0.2, 0) is 5.54 Å². The highest BCUT2D eigenvalue weighted by Crippen LogP contribution is 2.34. The second-order valence-electron chi connectivity index (χ2n) is 7.80. The molecule has 3 N–H and O–H groups in total. The summed E-state index contributed by atoms with van der Waals surface area (Å²) in [5, 5.41) is 4.15. The van der Waals surface area contributed by atoms with Crippen molar-refractivity contribution in [3.8, 4) is 0 Å². The smallest absolute Gasteiger partial charge is 0.248 e. The Balaban J connectivity index is 0.00000199. The lowest BCUT2D eigenvalue weighted by molar-refractivity contribution is 0.1000. The minimum Gasteiger partial charge on any atom is -0.379 e. The number of carbonyl (C=O) groups excluding carboxylic acids is 1. The van der Waals surface area contributed by atoms with Crippen LogP contribution in [0.15, 0.2) is 82.3 Å². The molecule has 1 aliphatic heterocycles. The van der Waals surface area contributed by atoms with Gasteiger partial charge in [0.2, 0.25) is 5.91 Å². The van der Waals surface area contributed by atoms with Crippen LogP contribution >= 0.6 is 23.4 Å². The standard InChI is InChI=1S/C25H29ClN4OS.C2H6/c1-4-30(3)24(22-7-5-6-16-28-22)29-25(2,17-32-21-14-12-20(26)13-15-21)19-10-8-18(9-11-19)23(27)31;1-2/h5-15,28H,4,16-17H2,1-3H3,(H2,27,31);1-2H3. The molecule has 0 radical (unpaired) electrons. The van der Waals surface area contributed by atoms with Gasteiger partial charge in [0.1, 0.15) is 5.84 Å². The Morgan fingerprint density at radius 2 is 1.82 bits per heavy atom. The van der Waals surface area contributed by atoms with Gasteiger partial charge in [0.25, 0.3) is 0 Å². The van der Waals surface area contributed by atoms with Gasteiger partial charge >= 0.3 is 0 Å². The summed E-state index contributed by atoms with van der Waals surface area (Å²) >= 11 is 7.77. The van der Waals surface area contributed by atoms with Crippen LogP contribution in [0.25, 0.3) is 0 Å². The van der Waals surface area contributed by atoms with Crippen LogP contribution in [0.4, 0.5) is 0 Å². The molecule has 182 valence electrons. The van der Waals surface area contributed by atoms with Crippen molar-refractivity contribution in [1.82, 2.24) is 10.2 Å². The molecule has 1 unspecified atom stereocenters. The molecule has 0 bridgehead atoms. The Bertz CT molecular complexity index is 1030. The fourth-order valence-electron chi connectivity index (χ4n) is 3.28. The number of aliphatic imine (C=N–C) groups is 1. The van der Waals surface area contributed by atoms with Crippen LogP contribution in [0.2, 0.25) is 5.02 Å². The number of thioether (sulfide) groups is 1. The van der Waals surface area contributed by atoms with E-state index in [1.54, 1.807) is 23.9 Å². The number of primary amides is 1. The molecule has 1 atom stereocenters. The van der Waals surface area contributed by atoms with E-state index >= 15 is 0 Å². The van der Waals surface area contributed by atoms with Gasteiger partial charge in [-0.15, -0.1) is 11.8 Å². The number of nitrogens with two attached hydrogens (primary N) is 1. The van der Waals surface area contributed by atoms with E-state index in [2.05, 4.69) is 36.2 Å². The first-order chi connectivity index (χ1) is 16.3. The third-order valence-electron chi connectivity index (χ3n) is 5.36. The Morgan fingerprint density at radius 1 is 1.18 bits per heavy atom. The van der Waals surface area contributed by atoms with Crippen LogP contribution in [0, 0.1) is 0 Å². The first-order valence-corrected chi connectivity index (χ1v) is 12.9. The molecule has 0 aromatic heterocycles. The molecule has 0 aliphatic carbocycles. The number of nitrogens with one attached hydrogen (secondary N) is 1. The molecule has 0 saturated heterocycles. The number of carbonyl (C=O) groups is 1. The maximum Gasteiger partial charge on any atom is 0.248 e. The minimum atomic E-state index is -0.553. The average molecular weight is 499 g/mol. The fraction of sp³-hybridized carbons (Fsp3) is 0.333. The second-order valence-corrected chi connectivity index (χ2v) is 9.28. The van der Waals surface area contributed by atoms with Gasteiger partial charge < -0.3 is 16.0 Å². The van der Waals surface area contributed by atoms with Crippen LogP contribution in [0.5, 0.6) is 0 Å². The zero-order valence-corrected chi connectivity index (χ0v) is 22.2. The van der Waals surface area contributed by atoms with Crippen molar-refractivity contribution in [2.75, 3.05) is 25.9 Å². The van der Waals surface area contributed by atoms with Crippen molar-refractivity contribution in [2.24, 2.45) is 10.7 Å². The molecule has 2 aromatic carbocycles. The number of allylic oxidation sites excluding steroid dienone is 2. The normalized spacial score (nSPS) is 14.8. The molecule has 2 aromatic rings. The highest BCUT2D eigenvalue weighted by Gasteiger charge is 2.29. The van der Waals surface area contributed by atoms with Crippen LogP contribution in [-0.4, -0.2) is 42.5 Å². The summed E-state index contributed by atoms with van der Waals surface area (Å²) in [6, 6.07) is 15.2. The topological polar surface area (TPSA) is 70.7 Å². The number of rotatable bonds is 8. The highest BCUT2D eigenvalue weighted by molar-refractivity contribution is 7.99. The van der Waals surface area contributed by atoms with E-state index in [0.717, 1.165) is 35.1 Å². The van der Waals surface area contributed by atoms with Crippen molar-refractivity contribution in [3.05, 3.63) is 88.6 Å². The number of halogens is 1. The van der Waals surface area contributed by atoms with Crippen LogP contribution in [0.3, 0.4) is 0 Å². The molecule has 34 heavy (non-hydrogen) atoms. The van der Waals surface area contributed by atoms with E-state index in [0.29, 0.717) is 16.3 Å². The number of hydrogen-bond donors (Lipinski definition) is 2. The number of dihydropyridines is 1. The summed E-state index contributed by atoms with van der Waals surface area (Å²) in [6.07, 6.45) is 6.18. The van der Waals surface area contributed by atoms with Crippen molar-refractivity contribution in [3.63, 3.8) is 0 Å². The van der Waals surface area contributed by atoms with Crippen molar-refractivity contribution >= 4 is 35.1 Å². The van der Waals surface area contributed by atoms with E-state index < -0.39 is 11.4 Å². The fourth-order valence-corrected chi connectivity index (χ4v) is 4.41. The van der Waals surface area contributed by atoms with Crippen LogP contribution < -0.4 is 11.1 Å². The molecular weight excluding hydrogens is 464 g/mol. The summed E-state index contributed by atoms with van der Waals surface area (Å²) in [6.45, 7) is 9.82. The monoisotopic (exact) mass is 498 g/mol. The van der Waals surface area contributed by atoms with E-state index in [1.165, 1.54) is 0 Å². The van der Waals surface area contributed by atoms with E-state index in [9.17, 15) is 4.79 Å². The van der Waals surface area contributed by atoms with Crippen LogP contribution in [0.1, 0.15) is 43.6 Å². The van der Waals surface area contributed by atoms with E-state index in [-0.39, 0.29) is 0 Å². The summed E-state index contributed by atoms with van der Waals surface area (Å²) in [5.41, 5.74) is 7.38. The molecular formula is C27H35ClN4OS. The molecule has 0 saturated carbocycles. The Hall–Kier alpha value is -2.70. The molecule has 1 amide bonds. The van der Waals surface area contributed by atoms with Crippen molar-refractivity contribution in [2.45, 2.75) is 38.1 Å². The molecule has 5 nitrogen and oxygen atoms in total. The number of nitrogens with zero attached hydrogens (tertiary/aromatic N) is 2. The Morgan fingerprint density at radius 3 is 2.35 bits per heavy atom. The number of amides is 1. The predicted octanol–water partition coefficient (Wildman–Crippen LogP) is 5.87. The van der Waals surface area contributed by atoms with Gasteiger partial charge in [-0.25, -0.2) is 0 Å². The van der Waals surface area contributed by atoms with Gasteiger partial charge in [-0.05, 0) is 61.9 Å². The molecule has 3 rings (SSSR count). The zero-order valence-electron chi connectivity index (χ0n) is 20.6. The maximum atomic E-state index is 11.6. The molecule has 0 fully saturated rings. The lowest BCUT2D eigenvalue weighted by Gasteiger charge is -2.31. The van der Waals surface area contributed by atoms with Gasteiger partial charge in [-0.2, -0.15) is 0 Å². The summed E-state index contributed by atoms with van der Waals surface area (Å²) in [4.78, 5) is 20.1. The number of amidine groups is 1. The number of hydrogen-bond acceptors (Lipinski definition) is 4. The zero-order chi connectivity index (χ0) is 25.1. The molecule has 7 heteroatoms. The lowest BCUT2D eigenvalue weighted by atomic mass is 9.93. The summed E-state index contributed by atoms with van der Waals surface area (Å²) < 4.78 is 0. The van der Waals surface area contributed by atoms with Gasteiger partial charge in [-0.3, -0.25) is 9.79 Å². The van der Waals surface area contributed by atoms with Gasteiger partial charge in [0, 0.05) is 41.4 Å². The SMILES string of the molecule is CC.CCN(C)C(=NC(C)(CSc1ccc(Cl)cc1)c1ccc(C(N)=O)cc1)C1=CC=CCN1. The highest BCUT2D eigenvalue weighted by atomic mass is 35.5. The van der Waals surface area contributed by atoms with Gasteiger partial charge in [-0.1, -0.05) is 49.7 Å². The number of likely N-dealkylation sites (N-methyl/N-ethyl adjacent to an activating group) is 1. The van der Waals surface area contributed by atoms with Crippen molar-refractivity contribution < 1.29 is 4.79 Å². The summed E-state index contributed by atoms with van der Waals surface area (Å²) in [5.74, 6) is 1.16. The predicted molar refractivity (Wildman–Crippen MR) is 147 cm³/mol. The van der Waals surface area contributed by atoms with E-state index in [4.69, 9.17) is 22.3 Å². The molecule has 1 aliphatic rings. The first kappa shape index (κ1) is 27.5.